The molecule has 1 aliphatic carbocycles. The van der Waals surface area contributed by atoms with Crippen LogP contribution in [-0.4, -0.2) is 49.2 Å². The molecular weight excluding hydrogens is 623 g/mol. The van der Waals surface area contributed by atoms with Crippen LogP contribution in [0, 0.1) is 11.8 Å². The third-order valence-corrected chi connectivity index (χ3v) is 9.99. The van der Waals surface area contributed by atoms with Crippen LogP contribution in [0.25, 0.3) is 0 Å². The van der Waals surface area contributed by atoms with E-state index in [4.69, 9.17) is 23.2 Å². The van der Waals surface area contributed by atoms with Gasteiger partial charge in [-0.1, -0.05) is 92.3 Å². The monoisotopic (exact) mass is 642 g/mol. The van der Waals surface area contributed by atoms with Crippen LogP contribution < -0.4 is 0 Å². The maximum atomic E-state index is 13.9. The molecular formula is C25H22Br2Cl2N2O4. The minimum atomic E-state index is -1.08. The standard InChI is InChI=1S/C25H22Br2Cl2N2O4/c1-2-21(22(32)13-6-4-3-5-7-13)30(23(33)14-8-9-19(28)20(29)10-14)31-24(34)15-11-17(26)18(27)12-16(15)25(31)35/h3-10,15-18,21H,2,11-12H2,1H3/t15-,16-,17-,18+,21-/m1/s1. The molecule has 4 rings (SSSR count). The second-order valence-electron chi connectivity index (χ2n) is 8.64. The first-order chi connectivity index (χ1) is 16.6. The molecule has 0 bridgehead atoms. The Morgan fingerprint density at radius 2 is 1.51 bits per heavy atom. The summed E-state index contributed by atoms with van der Waals surface area (Å²) < 4.78 is 0. The Morgan fingerprint density at radius 3 is 2.03 bits per heavy atom. The van der Waals surface area contributed by atoms with E-state index in [0.717, 1.165) is 10.0 Å². The molecule has 0 spiro atoms. The number of nitrogens with zero attached hydrogens (tertiary/aromatic N) is 2. The highest BCUT2D eigenvalue weighted by atomic mass is 79.9. The first kappa shape index (κ1) is 26.3. The molecule has 2 aliphatic rings. The Bertz CT molecular complexity index is 1150. The molecule has 0 radical (unpaired) electrons. The van der Waals surface area contributed by atoms with Crippen LogP contribution in [0.5, 0.6) is 0 Å². The maximum Gasteiger partial charge on any atom is 0.273 e. The number of halogens is 4. The van der Waals surface area contributed by atoms with Crippen molar-refractivity contribution in [1.29, 1.82) is 0 Å². The molecule has 10 heteroatoms. The van der Waals surface area contributed by atoms with E-state index >= 15 is 0 Å². The summed E-state index contributed by atoms with van der Waals surface area (Å²) in [6, 6.07) is 11.7. The van der Waals surface area contributed by atoms with Crippen molar-refractivity contribution in [2.24, 2.45) is 11.8 Å². The Kier molecular flexibility index (Phi) is 8.05. The molecule has 1 saturated carbocycles. The van der Waals surface area contributed by atoms with Crippen molar-refractivity contribution < 1.29 is 19.2 Å². The van der Waals surface area contributed by atoms with E-state index in [1.165, 1.54) is 18.2 Å². The lowest BCUT2D eigenvalue weighted by Crippen LogP contribution is -2.57. The first-order valence-electron chi connectivity index (χ1n) is 11.2. The number of benzene rings is 2. The summed E-state index contributed by atoms with van der Waals surface area (Å²) in [5.41, 5.74) is 0.495. The van der Waals surface area contributed by atoms with Gasteiger partial charge in [-0.3, -0.25) is 19.2 Å². The summed E-state index contributed by atoms with van der Waals surface area (Å²) in [6.07, 6.45) is 1.08. The van der Waals surface area contributed by atoms with E-state index in [0.29, 0.717) is 18.4 Å². The predicted molar refractivity (Wildman–Crippen MR) is 141 cm³/mol. The molecule has 2 aromatic carbocycles. The zero-order valence-electron chi connectivity index (χ0n) is 18.7. The SMILES string of the molecule is CC[C@H](C(=O)c1ccccc1)N(C(=O)c1ccc(Cl)c(Cl)c1)N1C(=O)[C@@H]2C[C@@H](Br)[C@@H](Br)C[C@H]2C1=O. The van der Waals surface area contributed by atoms with Gasteiger partial charge in [0, 0.05) is 20.8 Å². The van der Waals surface area contributed by atoms with Crippen LogP contribution in [0.15, 0.2) is 48.5 Å². The third-order valence-electron chi connectivity index (χ3n) is 6.52. The number of Topliss-reactive ketones (excluding diaryl/α,β-unsaturated/α-hetero) is 1. The zero-order chi connectivity index (χ0) is 25.4. The molecule has 35 heavy (non-hydrogen) atoms. The number of hydrogen-bond acceptors (Lipinski definition) is 4. The van der Waals surface area contributed by atoms with Gasteiger partial charge in [-0.2, -0.15) is 5.01 Å². The fourth-order valence-corrected chi connectivity index (χ4v) is 6.22. The highest BCUT2D eigenvalue weighted by Crippen LogP contribution is 2.44. The minimum Gasteiger partial charge on any atom is -0.292 e. The lowest BCUT2D eigenvalue weighted by molar-refractivity contribution is -0.156. The van der Waals surface area contributed by atoms with Crippen LogP contribution >= 0.6 is 55.1 Å². The number of imide groups is 1. The molecule has 2 fully saturated rings. The number of hydrazine groups is 1. The Balaban J connectivity index is 1.80. The fraction of sp³-hybridized carbons (Fsp3) is 0.360. The Morgan fingerprint density at radius 1 is 0.943 bits per heavy atom. The van der Waals surface area contributed by atoms with E-state index in [1.807, 2.05) is 0 Å². The summed E-state index contributed by atoms with van der Waals surface area (Å²) in [6.45, 7) is 1.74. The second kappa shape index (κ2) is 10.7. The Hall–Kier alpha value is -1.74. The molecule has 184 valence electrons. The lowest BCUT2D eigenvalue weighted by atomic mass is 9.81. The molecule has 1 aliphatic heterocycles. The number of hydrogen-bond donors (Lipinski definition) is 0. The summed E-state index contributed by atoms with van der Waals surface area (Å²) in [5, 5.41) is 2.34. The van der Waals surface area contributed by atoms with Crippen LogP contribution in [-0.2, 0) is 9.59 Å². The number of alkyl halides is 2. The number of rotatable bonds is 6. The zero-order valence-corrected chi connectivity index (χ0v) is 23.4. The third kappa shape index (κ3) is 4.95. The topological polar surface area (TPSA) is 74.8 Å². The number of carbonyl (C=O) groups is 4. The van der Waals surface area contributed by atoms with Crippen LogP contribution in [0.3, 0.4) is 0 Å². The largest absolute Gasteiger partial charge is 0.292 e. The van der Waals surface area contributed by atoms with Crippen molar-refractivity contribution in [2.45, 2.75) is 41.9 Å². The van der Waals surface area contributed by atoms with Gasteiger partial charge in [0.25, 0.3) is 17.7 Å². The quantitative estimate of drug-likeness (QED) is 0.222. The highest BCUT2D eigenvalue weighted by molar-refractivity contribution is 9.12. The number of ketones is 1. The number of carbonyl (C=O) groups excluding carboxylic acids is 4. The smallest absolute Gasteiger partial charge is 0.273 e. The minimum absolute atomic E-state index is 0.00703. The highest BCUT2D eigenvalue weighted by Gasteiger charge is 2.56. The number of fused-ring (bicyclic) bond motifs is 1. The van der Waals surface area contributed by atoms with Gasteiger partial charge in [-0.25, -0.2) is 5.01 Å². The van der Waals surface area contributed by atoms with Gasteiger partial charge in [-0.05, 0) is 37.5 Å². The first-order valence-corrected chi connectivity index (χ1v) is 13.8. The summed E-state index contributed by atoms with van der Waals surface area (Å²) in [5.74, 6) is -3.14. The molecule has 0 aromatic heterocycles. The second-order valence-corrected chi connectivity index (χ2v) is 11.8. The van der Waals surface area contributed by atoms with E-state index in [-0.39, 0.29) is 37.5 Å². The maximum absolute atomic E-state index is 13.9. The van der Waals surface area contributed by atoms with E-state index < -0.39 is 35.6 Å². The van der Waals surface area contributed by atoms with Gasteiger partial charge in [-0.15, -0.1) is 0 Å². The van der Waals surface area contributed by atoms with Gasteiger partial charge >= 0.3 is 0 Å². The van der Waals surface area contributed by atoms with Crippen molar-refractivity contribution in [3.63, 3.8) is 0 Å². The van der Waals surface area contributed by atoms with E-state index in [2.05, 4.69) is 31.9 Å². The summed E-state index contributed by atoms with van der Waals surface area (Å²) in [7, 11) is 0. The van der Waals surface area contributed by atoms with Crippen molar-refractivity contribution in [1.82, 2.24) is 10.0 Å². The van der Waals surface area contributed by atoms with Gasteiger partial charge in [0.15, 0.2) is 5.78 Å². The van der Waals surface area contributed by atoms with Crippen molar-refractivity contribution in [3.8, 4) is 0 Å². The Labute approximate surface area is 230 Å². The molecule has 6 nitrogen and oxygen atoms in total. The predicted octanol–water partition coefficient (Wildman–Crippen LogP) is 5.93. The normalized spacial score (nSPS) is 24.8. The van der Waals surface area contributed by atoms with Crippen LogP contribution in [0.1, 0.15) is 46.9 Å². The van der Waals surface area contributed by atoms with Crippen LogP contribution in [0.4, 0.5) is 0 Å². The van der Waals surface area contributed by atoms with Crippen LogP contribution in [0.2, 0.25) is 10.0 Å². The van der Waals surface area contributed by atoms with E-state index in [9.17, 15) is 19.2 Å². The van der Waals surface area contributed by atoms with Crippen molar-refractivity contribution >= 4 is 78.6 Å². The lowest BCUT2D eigenvalue weighted by Gasteiger charge is -2.36. The van der Waals surface area contributed by atoms with Crippen molar-refractivity contribution in [3.05, 3.63) is 69.7 Å². The van der Waals surface area contributed by atoms with Gasteiger partial charge in [0.2, 0.25) is 0 Å². The summed E-state index contributed by atoms with van der Waals surface area (Å²) >= 11 is 19.3. The molecule has 3 amide bonds. The van der Waals surface area contributed by atoms with Gasteiger partial charge in [0.05, 0.1) is 21.9 Å². The molecule has 0 unspecified atom stereocenters. The average molecular weight is 645 g/mol. The average Bonchev–Trinajstić information content (AvgIpc) is 3.08. The van der Waals surface area contributed by atoms with Gasteiger partial charge in [0.1, 0.15) is 6.04 Å². The van der Waals surface area contributed by atoms with Crippen molar-refractivity contribution in [2.75, 3.05) is 0 Å². The molecule has 0 N–H and O–H groups in total. The molecule has 1 saturated heterocycles. The summed E-state index contributed by atoms with van der Waals surface area (Å²) in [4.78, 5) is 54.6. The molecule has 5 atom stereocenters. The molecule has 2 aromatic rings. The fourth-order valence-electron chi connectivity index (χ4n) is 4.69. The van der Waals surface area contributed by atoms with Gasteiger partial charge < -0.3 is 0 Å². The molecule has 1 heterocycles. The van der Waals surface area contributed by atoms with E-state index in [1.54, 1.807) is 37.3 Å². The number of amides is 3.